The second-order valence-electron chi connectivity index (χ2n) is 7.32. The average Bonchev–Trinajstić information content (AvgIpc) is 2.95. The van der Waals surface area contributed by atoms with Crippen molar-refractivity contribution in [3.8, 4) is 11.1 Å². The van der Waals surface area contributed by atoms with E-state index in [4.69, 9.17) is 5.73 Å². The monoisotopic (exact) mass is 388 g/mol. The lowest BCUT2D eigenvalue weighted by Crippen LogP contribution is -2.41. The summed E-state index contributed by atoms with van der Waals surface area (Å²) in [4.78, 5) is 23.3. The van der Waals surface area contributed by atoms with Gasteiger partial charge >= 0.3 is 0 Å². The third-order valence-electron chi connectivity index (χ3n) is 5.48. The number of aryl methyl sites for hydroxylation is 2. The molecule has 1 amide bonds. The number of benzene rings is 2. The van der Waals surface area contributed by atoms with Gasteiger partial charge in [-0.25, -0.2) is 9.38 Å². The highest BCUT2D eigenvalue weighted by Gasteiger charge is 2.49. The third kappa shape index (κ3) is 2.97. The van der Waals surface area contributed by atoms with Crippen molar-refractivity contribution in [2.45, 2.75) is 19.4 Å². The highest BCUT2D eigenvalue weighted by atomic mass is 19.1. The molecule has 6 heteroatoms. The minimum Gasteiger partial charge on any atom is -0.369 e. The Morgan fingerprint density at radius 2 is 1.72 bits per heavy atom. The number of carbonyl (C=O) groups excluding carboxylic acids is 1. The highest BCUT2D eigenvalue weighted by molar-refractivity contribution is 6.09. The Labute approximate surface area is 168 Å². The summed E-state index contributed by atoms with van der Waals surface area (Å²) in [5, 5.41) is 0. The van der Waals surface area contributed by atoms with Crippen LogP contribution < -0.4 is 5.73 Å². The molecule has 0 fully saturated rings. The van der Waals surface area contributed by atoms with Gasteiger partial charge in [-0.3, -0.25) is 14.7 Å². The fraction of sp³-hybridized carbons (Fsp3) is 0.174. The summed E-state index contributed by atoms with van der Waals surface area (Å²) in [6, 6.07) is 14.6. The number of carbonyl (C=O) groups is 1. The lowest BCUT2D eigenvalue weighted by Gasteiger charge is -2.27. The van der Waals surface area contributed by atoms with E-state index in [1.54, 1.807) is 13.2 Å². The number of halogens is 1. The Bertz CT molecular complexity index is 1160. The number of hydrogen-bond acceptors (Lipinski definition) is 4. The van der Waals surface area contributed by atoms with Crippen molar-refractivity contribution in [3.05, 3.63) is 89.0 Å². The van der Waals surface area contributed by atoms with Crippen LogP contribution in [0.15, 0.2) is 65.9 Å². The predicted molar refractivity (Wildman–Crippen MR) is 111 cm³/mol. The maximum atomic E-state index is 13.7. The summed E-state index contributed by atoms with van der Waals surface area (Å²) in [5.41, 5.74) is 9.73. The Morgan fingerprint density at radius 1 is 0.966 bits per heavy atom. The van der Waals surface area contributed by atoms with Crippen LogP contribution in [0.1, 0.15) is 22.3 Å². The molecular formula is C23H21FN4O. The molecule has 2 aromatic carbocycles. The summed E-state index contributed by atoms with van der Waals surface area (Å²) in [6.45, 7) is 4.02. The standard InChI is InChI=1S/C23H21FN4O/c1-14-7-8-19(9-15(14)2)23(21(29)28(3)22(25)27-23)18-6-4-5-16(10-18)17-11-20(24)13-26-12-17/h4-13H,1-3H3,(H2,25,27). The van der Waals surface area contributed by atoms with Crippen molar-refractivity contribution in [2.24, 2.45) is 10.7 Å². The Balaban J connectivity index is 1.95. The topological polar surface area (TPSA) is 71.6 Å². The van der Waals surface area contributed by atoms with Crippen molar-refractivity contribution in [1.82, 2.24) is 9.88 Å². The molecule has 2 heterocycles. The average molecular weight is 388 g/mol. The number of guanidine groups is 1. The van der Waals surface area contributed by atoms with Crippen LogP contribution >= 0.6 is 0 Å². The van der Waals surface area contributed by atoms with Gasteiger partial charge in [-0.1, -0.05) is 36.4 Å². The molecule has 0 saturated carbocycles. The quantitative estimate of drug-likeness (QED) is 0.746. The van der Waals surface area contributed by atoms with Gasteiger partial charge in [0.2, 0.25) is 0 Å². The molecule has 1 atom stereocenters. The van der Waals surface area contributed by atoms with E-state index >= 15 is 0 Å². The number of aromatic nitrogens is 1. The minimum absolute atomic E-state index is 0.158. The number of nitrogens with two attached hydrogens (primary N) is 1. The van der Waals surface area contributed by atoms with E-state index in [0.29, 0.717) is 11.1 Å². The summed E-state index contributed by atoms with van der Waals surface area (Å²) in [5.74, 6) is -0.491. The third-order valence-corrected chi connectivity index (χ3v) is 5.48. The molecule has 1 aliphatic rings. The molecule has 4 rings (SSSR count). The van der Waals surface area contributed by atoms with Gasteiger partial charge in [0.25, 0.3) is 5.91 Å². The number of nitrogens with zero attached hydrogens (tertiary/aromatic N) is 3. The van der Waals surface area contributed by atoms with Gasteiger partial charge in [0.15, 0.2) is 11.5 Å². The zero-order chi connectivity index (χ0) is 20.8. The van der Waals surface area contributed by atoms with Crippen LogP contribution in [-0.4, -0.2) is 28.8 Å². The molecule has 0 saturated heterocycles. The second-order valence-corrected chi connectivity index (χ2v) is 7.32. The molecule has 29 heavy (non-hydrogen) atoms. The summed E-state index contributed by atoms with van der Waals surface area (Å²) < 4.78 is 13.7. The first kappa shape index (κ1) is 18.8. The first-order chi connectivity index (χ1) is 13.8. The molecule has 0 radical (unpaired) electrons. The minimum atomic E-state index is -1.28. The molecule has 1 aliphatic heterocycles. The van der Waals surface area contributed by atoms with Crippen LogP contribution in [0.3, 0.4) is 0 Å². The zero-order valence-electron chi connectivity index (χ0n) is 16.5. The van der Waals surface area contributed by atoms with E-state index in [1.807, 2.05) is 56.3 Å². The van der Waals surface area contributed by atoms with Crippen molar-refractivity contribution in [3.63, 3.8) is 0 Å². The van der Waals surface area contributed by atoms with Crippen molar-refractivity contribution >= 4 is 11.9 Å². The predicted octanol–water partition coefficient (Wildman–Crippen LogP) is 3.53. The molecule has 0 bridgehead atoms. The fourth-order valence-electron chi connectivity index (χ4n) is 3.64. The first-order valence-corrected chi connectivity index (χ1v) is 9.25. The van der Waals surface area contributed by atoms with E-state index in [2.05, 4.69) is 9.98 Å². The molecule has 3 aromatic rings. The van der Waals surface area contributed by atoms with Gasteiger partial charge in [-0.15, -0.1) is 0 Å². The van der Waals surface area contributed by atoms with E-state index < -0.39 is 11.4 Å². The number of amides is 1. The fourth-order valence-corrected chi connectivity index (χ4v) is 3.64. The van der Waals surface area contributed by atoms with Gasteiger partial charge < -0.3 is 5.73 Å². The number of likely N-dealkylation sites (N-methyl/N-ethyl adjacent to an activating group) is 1. The largest absolute Gasteiger partial charge is 0.369 e. The van der Waals surface area contributed by atoms with Crippen molar-refractivity contribution in [2.75, 3.05) is 7.05 Å². The second kappa shape index (κ2) is 6.81. The van der Waals surface area contributed by atoms with Crippen LogP contribution in [-0.2, 0) is 10.3 Å². The van der Waals surface area contributed by atoms with Gasteiger partial charge in [0.1, 0.15) is 5.82 Å². The molecule has 1 aromatic heterocycles. The number of pyridine rings is 1. The van der Waals surface area contributed by atoms with Gasteiger partial charge in [0.05, 0.1) is 6.20 Å². The van der Waals surface area contributed by atoms with E-state index in [1.165, 1.54) is 11.0 Å². The summed E-state index contributed by atoms with van der Waals surface area (Å²) >= 11 is 0. The van der Waals surface area contributed by atoms with E-state index in [0.717, 1.165) is 28.5 Å². The van der Waals surface area contributed by atoms with Gasteiger partial charge in [0, 0.05) is 18.8 Å². The van der Waals surface area contributed by atoms with Gasteiger partial charge in [-0.2, -0.15) is 0 Å². The van der Waals surface area contributed by atoms with Gasteiger partial charge in [-0.05, 0) is 53.8 Å². The maximum Gasteiger partial charge on any atom is 0.266 e. The van der Waals surface area contributed by atoms with Crippen LogP contribution in [0, 0.1) is 19.7 Å². The number of aliphatic imine (C=N–C) groups is 1. The summed E-state index contributed by atoms with van der Waals surface area (Å²) in [7, 11) is 1.62. The molecule has 1 unspecified atom stereocenters. The Kier molecular flexibility index (Phi) is 4.42. The van der Waals surface area contributed by atoms with E-state index in [9.17, 15) is 9.18 Å². The molecule has 5 nitrogen and oxygen atoms in total. The van der Waals surface area contributed by atoms with E-state index in [-0.39, 0.29) is 11.9 Å². The smallest absolute Gasteiger partial charge is 0.266 e. The highest BCUT2D eigenvalue weighted by Crippen LogP contribution is 2.41. The lowest BCUT2D eigenvalue weighted by molar-refractivity contribution is -0.129. The summed E-state index contributed by atoms with van der Waals surface area (Å²) in [6.07, 6.45) is 2.75. The molecule has 0 aliphatic carbocycles. The Morgan fingerprint density at radius 3 is 2.38 bits per heavy atom. The number of rotatable bonds is 3. The van der Waals surface area contributed by atoms with Crippen LogP contribution in [0.5, 0.6) is 0 Å². The van der Waals surface area contributed by atoms with Crippen molar-refractivity contribution < 1.29 is 9.18 Å². The first-order valence-electron chi connectivity index (χ1n) is 9.25. The molecule has 2 N–H and O–H groups in total. The molecule has 0 spiro atoms. The molecule has 146 valence electrons. The SMILES string of the molecule is Cc1ccc(C2(c3cccc(-c4cncc(F)c4)c3)N=C(N)N(C)C2=O)cc1C. The van der Waals surface area contributed by atoms with Crippen molar-refractivity contribution in [1.29, 1.82) is 0 Å². The maximum absolute atomic E-state index is 13.7. The normalized spacial score (nSPS) is 18.8. The van der Waals surface area contributed by atoms with Crippen LogP contribution in [0.4, 0.5) is 4.39 Å². The zero-order valence-corrected chi connectivity index (χ0v) is 16.5. The Hall–Kier alpha value is -3.54. The van der Waals surface area contributed by atoms with Crippen LogP contribution in [0.2, 0.25) is 0 Å². The lowest BCUT2D eigenvalue weighted by atomic mass is 9.81. The number of hydrogen-bond donors (Lipinski definition) is 1. The van der Waals surface area contributed by atoms with Crippen LogP contribution in [0.25, 0.3) is 11.1 Å². The molecular weight excluding hydrogens is 367 g/mol.